The molecule has 0 unspecified atom stereocenters. The van der Waals surface area contributed by atoms with Gasteiger partial charge in [-0.3, -0.25) is 5.32 Å². The van der Waals surface area contributed by atoms with Crippen molar-refractivity contribution in [3.05, 3.63) is 24.3 Å². The number of aromatic nitrogens is 2. The number of para-hydroxylation sites is 2. The van der Waals surface area contributed by atoms with Gasteiger partial charge in [0.05, 0.1) is 13.1 Å². The van der Waals surface area contributed by atoms with Crippen LogP contribution in [0.2, 0.25) is 0 Å². The van der Waals surface area contributed by atoms with Gasteiger partial charge in [-0.2, -0.15) is 0 Å². The number of hydrogen-bond donors (Lipinski definition) is 1. The van der Waals surface area contributed by atoms with Crippen molar-refractivity contribution in [2.45, 2.75) is 26.9 Å². The number of fused-ring (bicyclic) bond motifs is 3. The summed E-state index contributed by atoms with van der Waals surface area (Å²) in [6.45, 7) is 11.0. The van der Waals surface area contributed by atoms with E-state index in [-0.39, 0.29) is 0 Å². The highest BCUT2D eigenvalue weighted by molar-refractivity contribution is 5.74. The third-order valence-electron chi connectivity index (χ3n) is 4.13. The lowest BCUT2D eigenvalue weighted by Crippen LogP contribution is -2.30. The minimum Gasteiger partial charge on any atom is -0.301 e. The fourth-order valence-corrected chi connectivity index (χ4v) is 3.00. The average Bonchev–Trinajstić information content (AvgIpc) is 3.02. The van der Waals surface area contributed by atoms with Crippen LogP contribution >= 0.6 is 0 Å². The lowest BCUT2D eigenvalue weighted by molar-refractivity contribution is -0.644. The summed E-state index contributed by atoms with van der Waals surface area (Å²) in [5.74, 6) is 1.27. The molecule has 0 aliphatic carbocycles. The summed E-state index contributed by atoms with van der Waals surface area (Å²) in [4.78, 5) is 2.47. The summed E-state index contributed by atoms with van der Waals surface area (Å²) in [5, 5.41) is 3.53. The topological polar surface area (TPSA) is 24.1 Å². The van der Waals surface area contributed by atoms with Crippen LogP contribution in [-0.2, 0) is 13.1 Å². The van der Waals surface area contributed by atoms with Crippen molar-refractivity contribution in [1.82, 2.24) is 9.47 Å². The minimum atomic E-state index is 1.05. The van der Waals surface area contributed by atoms with Gasteiger partial charge in [0.25, 0.3) is 0 Å². The molecule has 0 spiro atoms. The summed E-state index contributed by atoms with van der Waals surface area (Å²) in [5.41, 5.74) is 2.69. The van der Waals surface area contributed by atoms with Gasteiger partial charge in [-0.25, -0.2) is 9.13 Å². The first-order valence-electron chi connectivity index (χ1n) is 7.32. The maximum Gasteiger partial charge on any atom is 0.358 e. The third kappa shape index (κ3) is 2.10. The SMILES string of the molecule is CCN(CC)CCn1c2[n+](c3ccccc31)CCN2. The Hall–Kier alpha value is -1.55. The van der Waals surface area contributed by atoms with Crippen molar-refractivity contribution in [2.75, 3.05) is 31.5 Å². The Kier molecular flexibility index (Phi) is 3.42. The van der Waals surface area contributed by atoms with Gasteiger partial charge in [-0.15, -0.1) is 0 Å². The zero-order valence-corrected chi connectivity index (χ0v) is 11.9. The predicted molar refractivity (Wildman–Crippen MR) is 78.4 cm³/mol. The van der Waals surface area contributed by atoms with Crippen LogP contribution in [0.25, 0.3) is 11.0 Å². The molecule has 0 radical (unpaired) electrons. The van der Waals surface area contributed by atoms with E-state index in [1.165, 1.54) is 17.0 Å². The van der Waals surface area contributed by atoms with E-state index < -0.39 is 0 Å². The molecule has 0 amide bonds. The highest BCUT2D eigenvalue weighted by Gasteiger charge is 2.27. The van der Waals surface area contributed by atoms with E-state index >= 15 is 0 Å². The van der Waals surface area contributed by atoms with E-state index in [0.717, 1.165) is 39.3 Å². The monoisotopic (exact) mass is 259 g/mol. The number of likely N-dealkylation sites (N-methyl/N-ethyl adjacent to an activating group) is 1. The Balaban J connectivity index is 1.94. The van der Waals surface area contributed by atoms with E-state index in [1.807, 2.05) is 0 Å². The quantitative estimate of drug-likeness (QED) is 0.826. The Morgan fingerprint density at radius 1 is 1.26 bits per heavy atom. The van der Waals surface area contributed by atoms with Crippen LogP contribution in [0.1, 0.15) is 13.8 Å². The number of rotatable bonds is 5. The minimum absolute atomic E-state index is 1.05. The molecule has 2 heterocycles. The van der Waals surface area contributed by atoms with Crippen LogP contribution in [0.5, 0.6) is 0 Å². The summed E-state index contributed by atoms with van der Waals surface area (Å²) in [7, 11) is 0. The Bertz CT molecular complexity index is 569. The normalized spacial score (nSPS) is 14.1. The van der Waals surface area contributed by atoms with Gasteiger partial charge >= 0.3 is 5.95 Å². The lowest BCUT2D eigenvalue weighted by Gasteiger charge is -2.17. The van der Waals surface area contributed by atoms with Crippen molar-refractivity contribution in [3.8, 4) is 0 Å². The second-order valence-electron chi connectivity index (χ2n) is 5.07. The summed E-state index contributed by atoms with van der Waals surface area (Å²) in [6, 6.07) is 8.71. The van der Waals surface area contributed by atoms with Gasteiger partial charge in [0.15, 0.2) is 0 Å². The van der Waals surface area contributed by atoms with Crippen LogP contribution in [0, 0.1) is 0 Å². The number of nitrogens with one attached hydrogen (secondary N) is 1. The van der Waals surface area contributed by atoms with Crippen LogP contribution in [-0.4, -0.2) is 35.6 Å². The largest absolute Gasteiger partial charge is 0.358 e. The molecule has 2 aromatic rings. The number of benzene rings is 1. The summed E-state index contributed by atoms with van der Waals surface area (Å²) >= 11 is 0. The van der Waals surface area contributed by atoms with E-state index in [9.17, 15) is 0 Å². The summed E-state index contributed by atoms with van der Waals surface area (Å²) < 4.78 is 4.83. The van der Waals surface area contributed by atoms with Crippen molar-refractivity contribution < 1.29 is 4.57 Å². The number of anilines is 1. The molecule has 1 aliphatic rings. The second kappa shape index (κ2) is 5.21. The van der Waals surface area contributed by atoms with Gasteiger partial charge in [0.2, 0.25) is 0 Å². The van der Waals surface area contributed by atoms with Crippen molar-refractivity contribution in [2.24, 2.45) is 0 Å². The molecule has 1 aromatic heterocycles. The number of hydrogen-bond acceptors (Lipinski definition) is 2. The fraction of sp³-hybridized carbons (Fsp3) is 0.533. The Labute approximate surface area is 114 Å². The standard InChI is InChI=1S/C15H22N4/c1-3-17(4-2)11-12-19-14-8-6-5-7-13(14)18-10-9-16-15(18)19/h5-8H,3-4,9-12H2,1-2H3/p+1. The number of nitrogens with zero attached hydrogens (tertiary/aromatic N) is 3. The molecule has 102 valence electrons. The van der Waals surface area contributed by atoms with Gasteiger partial charge in [-0.1, -0.05) is 26.0 Å². The molecule has 0 saturated carbocycles. The average molecular weight is 259 g/mol. The van der Waals surface area contributed by atoms with Crippen molar-refractivity contribution in [1.29, 1.82) is 0 Å². The maximum absolute atomic E-state index is 3.53. The van der Waals surface area contributed by atoms with Crippen LogP contribution in [0.3, 0.4) is 0 Å². The zero-order chi connectivity index (χ0) is 13.2. The van der Waals surface area contributed by atoms with Crippen LogP contribution in [0.15, 0.2) is 24.3 Å². The molecule has 1 aliphatic heterocycles. The molecular weight excluding hydrogens is 236 g/mol. The van der Waals surface area contributed by atoms with E-state index in [4.69, 9.17) is 0 Å². The van der Waals surface area contributed by atoms with Gasteiger partial charge in [-0.05, 0) is 25.2 Å². The molecule has 0 atom stereocenters. The van der Waals surface area contributed by atoms with Gasteiger partial charge < -0.3 is 4.90 Å². The van der Waals surface area contributed by atoms with Crippen LogP contribution < -0.4 is 9.88 Å². The number of imidazole rings is 1. The lowest BCUT2D eigenvalue weighted by atomic mass is 10.3. The maximum atomic E-state index is 3.53. The molecule has 4 heteroatoms. The van der Waals surface area contributed by atoms with E-state index in [2.05, 4.69) is 57.5 Å². The molecule has 3 rings (SSSR count). The van der Waals surface area contributed by atoms with Crippen molar-refractivity contribution >= 4 is 17.0 Å². The highest BCUT2D eigenvalue weighted by atomic mass is 15.3. The molecule has 1 aromatic carbocycles. The highest BCUT2D eigenvalue weighted by Crippen LogP contribution is 2.20. The molecule has 0 bridgehead atoms. The second-order valence-corrected chi connectivity index (χ2v) is 5.07. The molecule has 0 saturated heterocycles. The van der Waals surface area contributed by atoms with E-state index in [0.29, 0.717) is 0 Å². The molecule has 1 N–H and O–H groups in total. The molecular formula is C15H23N4+. The van der Waals surface area contributed by atoms with E-state index in [1.54, 1.807) is 0 Å². The first kappa shape index (κ1) is 12.5. The fourth-order valence-electron chi connectivity index (χ4n) is 3.00. The summed E-state index contributed by atoms with van der Waals surface area (Å²) in [6.07, 6.45) is 0. The van der Waals surface area contributed by atoms with Crippen molar-refractivity contribution in [3.63, 3.8) is 0 Å². The Morgan fingerprint density at radius 3 is 2.84 bits per heavy atom. The smallest absolute Gasteiger partial charge is 0.301 e. The molecule has 0 fully saturated rings. The molecule has 4 nitrogen and oxygen atoms in total. The van der Waals surface area contributed by atoms with Gasteiger partial charge in [0, 0.05) is 6.54 Å². The van der Waals surface area contributed by atoms with Gasteiger partial charge in [0.1, 0.15) is 17.6 Å². The Morgan fingerprint density at radius 2 is 2.05 bits per heavy atom. The predicted octanol–water partition coefficient (Wildman–Crippen LogP) is 1.70. The first-order chi connectivity index (χ1) is 9.35. The first-order valence-corrected chi connectivity index (χ1v) is 7.32. The third-order valence-corrected chi connectivity index (χ3v) is 4.13. The van der Waals surface area contributed by atoms with Crippen LogP contribution in [0.4, 0.5) is 5.95 Å². The molecule has 19 heavy (non-hydrogen) atoms. The zero-order valence-electron chi connectivity index (χ0n) is 11.9.